The van der Waals surface area contributed by atoms with Crippen molar-refractivity contribution in [2.75, 3.05) is 13.2 Å². The first-order valence-electron chi connectivity index (χ1n) is 3.95. The summed E-state index contributed by atoms with van der Waals surface area (Å²) in [5.74, 6) is 0.197. The molecule has 3 heteroatoms. The van der Waals surface area contributed by atoms with Crippen molar-refractivity contribution in [3.8, 4) is 0 Å². The van der Waals surface area contributed by atoms with Gasteiger partial charge in [0.25, 0.3) is 0 Å². The normalized spacial score (nSPS) is 26.5. The molecule has 64 valence electrons. The van der Waals surface area contributed by atoms with Crippen molar-refractivity contribution in [2.24, 2.45) is 5.92 Å². The highest BCUT2D eigenvalue weighted by atomic mass is 16.5. The van der Waals surface area contributed by atoms with Crippen LogP contribution in [0.3, 0.4) is 0 Å². The Morgan fingerprint density at radius 2 is 2.45 bits per heavy atom. The minimum Gasteiger partial charge on any atom is -0.462 e. The minimum absolute atomic E-state index is 0.00926. The zero-order chi connectivity index (χ0) is 8.27. The van der Waals surface area contributed by atoms with Gasteiger partial charge in [-0.05, 0) is 13.3 Å². The number of carbonyl (C=O) groups excluding carboxylic acids is 1. The van der Waals surface area contributed by atoms with Crippen LogP contribution in [0.25, 0.3) is 0 Å². The average molecular weight is 158 g/mol. The van der Waals surface area contributed by atoms with Gasteiger partial charge in [0, 0.05) is 19.4 Å². The van der Waals surface area contributed by atoms with Crippen LogP contribution in [0.15, 0.2) is 0 Å². The molecule has 2 unspecified atom stereocenters. The number of hydrogen-bond acceptors (Lipinski definition) is 3. The minimum atomic E-state index is -0.204. The van der Waals surface area contributed by atoms with E-state index < -0.39 is 0 Å². The van der Waals surface area contributed by atoms with Crippen molar-refractivity contribution in [3.05, 3.63) is 0 Å². The quantitative estimate of drug-likeness (QED) is 0.562. The molecule has 0 aromatic carbocycles. The Hall–Kier alpha value is -0.570. The molecule has 0 saturated carbocycles. The van der Waals surface area contributed by atoms with E-state index in [9.17, 15) is 4.79 Å². The molecule has 11 heavy (non-hydrogen) atoms. The Morgan fingerprint density at radius 3 is 2.91 bits per heavy atom. The van der Waals surface area contributed by atoms with Crippen LogP contribution in [0.2, 0.25) is 0 Å². The fourth-order valence-electron chi connectivity index (χ4n) is 1.28. The van der Waals surface area contributed by atoms with E-state index >= 15 is 0 Å². The molecule has 1 fully saturated rings. The highest BCUT2D eigenvalue weighted by molar-refractivity contribution is 5.66. The first-order valence-corrected chi connectivity index (χ1v) is 3.95. The van der Waals surface area contributed by atoms with Gasteiger partial charge in [0.2, 0.25) is 0 Å². The molecule has 0 aromatic rings. The summed E-state index contributed by atoms with van der Waals surface area (Å²) < 4.78 is 10.2. The first kappa shape index (κ1) is 8.53. The lowest BCUT2D eigenvalue weighted by Gasteiger charge is -2.16. The molecule has 0 radical (unpaired) electrons. The van der Waals surface area contributed by atoms with Crippen LogP contribution in [0.4, 0.5) is 0 Å². The van der Waals surface area contributed by atoms with Crippen molar-refractivity contribution in [1.29, 1.82) is 0 Å². The third-order valence-corrected chi connectivity index (χ3v) is 1.98. The fourth-order valence-corrected chi connectivity index (χ4v) is 1.28. The van der Waals surface area contributed by atoms with Gasteiger partial charge in [0.1, 0.15) is 6.10 Å². The van der Waals surface area contributed by atoms with Crippen molar-refractivity contribution in [3.63, 3.8) is 0 Å². The van der Waals surface area contributed by atoms with E-state index in [-0.39, 0.29) is 12.1 Å². The van der Waals surface area contributed by atoms with E-state index in [4.69, 9.17) is 9.47 Å². The summed E-state index contributed by atoms with van der Waals surface area (Å²) in [5.41, 5.74) is 0. The van der Waals surface area contributed by atoms with Gasteiger partial charge >= 0.3 is 5.97 Å². The maximum Gasteiger partial charge on any atom is 0.302 e. The second-order valence-electron chi connectivity index (χ2n) is 2.94. The summed E-state index contributed by atoms with van der Waals surface area (Å²) in [7, 11) is 0. The molecule has 1 rings (SSSR count). The van der Waals surface area contributed by atoms with Gasteiger partial charge in [-0.3, -0.25) is 4.79 Å². The highest BCUT2D eigenvalue weighted by Gasteiger charge is 2.23. The number of carbonyl (C=O) groups is 1. The van der Waals surface area contributed by atoms with Gasteiger partial charge in [0.05, 0.1) is 6.61 Å². The second kappa shape index (κ2) is 3.72. The van der Waals surface area contributed by atoms with Crippen molar-refractivity contribution >= 4 is 5.97 Å². The molecule has 0 bridgehead atoms. The zero-order valence-electron chi connectivity index (χ0n) is 7.00. The van der Waals surface area contributed by atoms with E-state index in [1.807, 2.05) is 6.92 Å². The molecule has 3 nitrogen and oxygen atoms in total. The number of ether oxygens (including phenoxy) is 2. The number of hydrogen-bond donors (Lipinski definition) is 0. The maximum atomic E-state index is 10.5. The lowest BCUT2D eigenvalue weighted by molar-refractivity contribution is -0.147. The van der Waals surface area contributed by atoms with Crippen LogP contribution in [0.5, 0.6) is 0 Å². The second-order valence-corrected chi connectivity index (χ2v) is 2.94. The zero-order valence-corrected chi connectivity index (χ0v) is 7.00. The van der Waals surface area contributed by atoms with Gasteiger partial charge in [-0.25, -0.2) is 0 Å². The van der Waals surface area contributed by atoms with Crippen LogP contribution in [-0.4, -0.2) is 25.3 Å². The molecule has 1 aliphatic heterocycles. The third-order valence-electron chi connectivity index (χ3n) is 1.98. The Balaban J connectivity index is 2.28. The Morgan fingerprint density at radius 1 is 1.73 bits per heavy atom. The van der Waals surface area contributed by atoms with E-state index in [1.165, 1.54) is 6.92 Å². The molecular formula is C8H14O3. The summed E-state index contributed by atoms with van der Waals surface area (Å²) >= 11 is 0. The monoisotopic (exact) mass is 158 g/mol. The van der Waals surface area contributed by atoms with E-state index in [0.717, 1.165) is 19.6 Å². The average Bonchev–Trinajstić information content (AvgIpc) is 2.35. The predicted molar refractivity (Wildman–Crippen MR) is 40.2 cm³/mol. The lowest BCUT2D eigenvalue weighted by atomic mass is 10.0. The molecule has 2 atom stereocenters. The molecule has 1 saturated heterocycles. The Kier molecular flexibility index (Phi) is 2.88. The Bertz CT molecular complexity index is 138. The largest absolute Gasteiger partial charge is 0.462 e. The molecule has 0 aromatic heterocycles. The van der Waals surface area contributed by atoms with Crippen LogP contribution in [0, 0.1) is 5.92 Å². The summed E-state index contributed by atoms with van der Waals surface area (Å²) in [6.07, 6.45) is 1.02. The summed E-state index contributed by atoms with van der Waals surface area (Å²) in [6.45, 7) is 4.89. The SMILES string of the molecule is CC(=O)OC(C)C1CCOC1. The van der Waals surface area contributed by atoms with Crippen LogP contribution in [0.1, 0.15) is 20.3 Å². The lowest BCUT2D eigenvalue weighted by Crippen LogP contribution is -2.22. The third kappa shape index (κ3) is 2.50. The van der Waals surface area contributed by atoms with Crippen LogP contribution < -0.4 is 0 Å². The van der Waals surface area contributed by atoms with E-state index in [1.54, 1.807) is 0 Å². The van der Waals surface area contributed by atoms with E-state index in [2.05, 4.69) is 0 Å². The van der Waals surface area contributed by atoms with Gasteiger partial charge in [0.15, 0.2) is 0 Å². The fraction of sp³-hybridized carbons (Fsp3) is 0.875. The molecule has 0 aliphatic carbocycles. The van der Waals surface area contributed by atoms with Gasteiger partial charge < -0.3 is 9.47 Å². The molecule has 0 N–H and O–H groups in total. The molecule has 1 heterocycles. The Labute approximate surface area is 66.7 Å². The molecule has 0 amide bonds. The van der Waals surface area contributed by atoms with Gasteiger partial charge in [-0.15, -0.1) is 0 Å². The summed E-state index contributed by atoms with van der Waals surface area (Å²) in [6, 6.07) is 0. The molecule has 0 spiro atoms. The summed E-state index contributed by atoms with van der Waals surface area (Å²) in [5, 5.41) is 0. The smallest absolute Gasteiger partial charge is 0.302 e. The van der Waals surface area contributed by atoms with Gasteiger partial charge in [-0.2, -0.15) is 0 Å². The predicted octanol–water partition coefficient (Wildman–Crippen LogP) is 0.974. The first-order chi connectivity index (χ1) is 5.20. The standard InChI is InChI=1S/C8H14O3/c1-6(11-7(2)9)8-3-4-10-5-8/h6,8H,3-5H2,1-2H3. The molecule has 1 aliphatic rings. The maximum absolute atomic E-state index is 10.5. The van der Waals surface area contributed by atoms with Crippen molar-refractivity contribution < 1.29 is 14.3 Å². The highest BCUT2D eigenvalue weighted by Crippen LogP contribution is 2.18. The topological polar surface area (TPSA) is 35.5 Å². The van der Waals surface area contributed by atoms with Crippen LogP contribution >= 0.6 is 0 Å². The molecular weight excluding hydrogens is 144 g/mol. The van der Waals surface area contributed by atoms with Crippen molar-refractivity contribution in [2.45, 2.75) is 26.4 Å². The van der Waals surface area contributed by atoms with Crippen LogP contribution in [-0.2, 0) is 14.3 Å². The van der Waals surface area contributed by atoms with Gasteiger partial charge in [-0.1, -0.05) is 0 Å². The van der Waals surface area contributed by atoms with E-state index in [0.29, 0.717) is 5.92 Å². The van der Waals surface area contributed by atoms with Crippen molar-refractivity contribution in [1.82, 2.24) is 0 Å². The summed E-state index contributed by atoms with van der Waals surface area (Å²) in [4.78, 5) is 10.5. The number of rotatable bonds is 2. The number of esters is 1.